The van der Waals surface area contributed by atoms with E-state index in [-0.39, 0.29) is 10.6 Å². The van der Waals surface area contributed by atoms with Gasteiger partial charge in [0, 0.05) is 18.3 Å². The molecular formula is C11H15N3O4S. The Balaban J connectivity index is 2.77. The van der Waals surface area contributed by atoms with Crippen molar-refractivity contribution < 1.29 is 13.3 Å². The average Bonchev–Trinajstić information content (AvgIpc) is 2.34. The molecule has 0 aliphatic rings. The molecule has 0 amide bonds. The van der Waals surface area contributed by atoms with Gasteiger partial charge in [0.05, 0.1) is 9.82 Å². The van der Waals surface area contributed by atoms with Crippen molar-refractivity contribution in [1.82, 2.24) is 4.83 Å². The summed E-state index contributed by atoms with van der Waals surface area (Å²) >= 11 is 0. The van der Waals surface area contributed by atoms with Gasteiger partial charge in [-0.05, 0) is 24.5 Å². The summed E-state index contributed by atoms with van der Waals surface area (Å²) in [4.78, 5) is 11.8. The lowest BCUT2D eigenvalue weighted by molar-refractivity contribution is -0.384. The molecule has 7 nitrogen and oxygen atoms in total. The highest BCUT2D eigenvalue weighted by Crippen LogP contribution is 2.15. The fourth-order valence-corrected chi connectivity index (χ4v) is 1.98. The van der Waals surface area contributed by atoms with Gasteiger partial charge >= 0.3 is 0 Å². The molecule has 0 spiro atoms. The average molecular weight is 285 g/mol. The van der Waals surface area contributed by atoms with Crippen molar-refractivity contribution in [2.75, 3.05) is 0 Å². The van der Waals surface area contributed by atoms with E-state index >= 15 is 0 Å². The molecule has 1 rings (SSSR count). The van der Waals surface area contributed by atoms with Crippen LogP contribution in [0.1, 0.15) is 20.3 Å². The summed E-state index contributed by atoms with van der Waals surface area (Å²) in [6.45, 7) is 3.97. The van der Waals surface area contributed by atoms with Crippen LogP contribution in [-0.2, 0) is 10.0 Å². The van der Waals surface area contributed by atoms with Crippen molar-refractivity contribution in [2.45, 2.75) is 25.2 Å². The van der Waals surface area contributed by atoms with E-state index in [4.69, 9.17) is 0 Å². The van der Waals surface area contributed by atoms with E-state index in [9.17, 15) is 18.5 Å². The maximum absolute atomic E-state index is 11.8. The van der Waals surface area contributed by atoms with Crippen molar-refractivity contribution in [1.29, 1.82) is 0 Å². The Morgan fingerprint density at radius 3 is 2.42 bits per heavy atom. The van der Waals surface area contributed by atoms with Crippen molar-refractivity contribution >= 4 is 21.9 Å². The molecule has 0 atom stereocenters. The molecule has 0 fully saturated rings. The van der Waals surface area contributed by atoms with E-state index in [1.54, 1.807) is 0 Å². The number of hydrogen-bond donors (Lipinski definition) is 1. The molecule has 0 saturated heterocycles. The number of nitrogens with one attached hydrogen (secondary N) is 1. The first-order valence-corrected chi connectivity index (χ1v) is 7.09. The van der Waals surface area contributed by atoms with Crippen molar-refractivity contribution in [3.8, 4) is 0 Å². The highest BCUT2D eigenvalue weighted by Gasteiger charge is 2.14. The lowest BCUT2D eigenvalue weighted by Gasteiger charge is -2.03. The van der Waals surface area contributed by atoms with Crippen LogP contribution in [0.3, 0.4) is 0 Å². The summed E-state index contributed by atoms with van der Waals surface area (Å²) in [5.74, 6) is 0.382. The normalized spacial score (nSPS) is 11.9. The minimum atomic E-state index is -3.77. The molecule has 0 radical (unpaired) electrons. The number of hydrazone groups is 1. The van der Waals surface area contributed by atoms with Crippen LogP contribution in [0.2, 0.25) is 0 Å². The number of benzene rings is 1. The molecule has 0 aromatic heterocycles. The number of sulfonamides is 1. The summed E-state index contributed by atoms with van der Waals surface area (Å²) < 4.78 is 23.5. The number of nitro groups is 1. The van der Waals surface area contributed by atoms with Gasteiger partial charge in [-0.3, -0.25) is 10.1 Å². The molecule has 1 N–H and O–H groups in total. The maximum Gasteiger partial charge on any atom is 0.276 e. The number of rotatable bonds is 6. The molecule has 0 unspecified atom stereocenters. The van der Waals surface area contributed by atoms with Gasteiger partial charge in [0.15, 0.2) is 0 Å². The van der Waals surface area contributed by atoms with Gasteiger partial charge in [-0.25, -0.2) is 4.83 Å². The molecule has 8 heteroatoms. The second-order valence-electron chi connectivity index (χ2n) is 4.29. The minimum absolute atomic E-state index is 0.0696. The molecular weight excluding hydrogens is 270 g/mol. The Morgan fingerprint density at radius 2 is 1.95 bits per heavy atom. The van der Waals surface area contributed by atoms with Gasteiger partial charge in [-0.2, -0.15) is 13.5 Å². The van der Waals surface area contributed by atoms with Crippen LogP contribution in [-0.4, -0.2) is 19.6 Å². The maximum atomic E-state index is 11.8. The van der Waals surface area contributed by atoms with Crippen LogP contribution in [0.15, 0.2) is 34.3 Å². The van der Waals surface area contributed by atoms with Gasteiger partial charge in [0.1, 0.15) is 0 Å². The smallest absolute Gasteiger partial charge is 0.258 e. The van der Waals surface area contributed by atoms with Crippen LogP contribution in [0.4, 0.5) is 5.69 Å². The largest absolute Gasteiger partial charge is 0.276 e. The molecule has 1 aromatic carbocycles. The molecule has 0 aliphatic carbocycles. The van der Waals surface area contributed by atoms with E-state index in [2.05, 4.69) is 9.93 Å². The van der Waals surface area contributed by atoms with E-state index < -0.39 is 14.9 Å². The first-order chi connectivity index (χ1) is 8.83. The quantitative estimate of drug-likeness (QED) is 0.490. The molecule has 104 valence electrons. The predicted molar refractivity (Wildman–Crippen MR) is 71.4 cm³/mol. The van der Waals surface area contributed by atoms with Crippen LogP contribution >= 0.6 is 0 Å². The standard InChI is InChI=1S/C11H15N3O4S/c1-9(2)7-8-12-13-19(17,18)11-5-3-10(4-6-11)14(15)16/h3-6,8-9,13H,7H2,1-2H3/b12-8-. The Hall–Kier alpha value is -1.96. The van der Waals surface area contributed by atoms with E-state index in [1.807, 2.05) is 13.8 Å². The Bertz CT molecular complexity index is 564. The Labute approximate surface area is 111 Å². The van der Waals surface area contributed by atoms with Gasteiger partial charge < -0.3 is 0 Å². The zero-order chi connectivity index (χ0) is 14.5. The predicted octanol–water partition coefficient (Wildman–Crippen LogP) is 1.91. The van der Waals surface area contributed by atoms with Crippen molar-refractivity contribution in [3.63, 3.8) is 0 Å². The second kappa shape index (κ2) is 6.28. The molecule has 0 bridgehead atoms. The zero-order valence-electron chi connectivity index (χ0n) is 10.6. The highest BCUT2D eigenvalue weighted by molar-refractivity contribution is 7.89. The first-order valence-electron chi connectivity index (χ1n) is 5.60. The number of hydrogen-bond acceptors (Lipinski definition) is 5. The molecule has 0 aliphatic heterocycles. The van der Waals surface area contributed by atoms with Gasteiger partial charge in [0.2, 0.25) is 0 Å². The summed E-state index contributed by atoms with van der Waals surface area (Å²) in [5, 5.41) is 14.1. The molecule has 0 saturated carbocycles. The summed E-state index contributed by atoms with van der Waals surface area (Å²) in [7, 11) is -3.77. The lowest BCUT2D eigenvalue weighted by atomic mass is 10.2. The van der Waals surface area contributed by atoms with Crippen LogP contribution in [0.5, 0.6) is 0 Å². The van der Waals surface area contributed by atoms with Crippen LogP contribution < -0.4 is 4.83 Å². The SMILES string of the molecule is CC(C)C/C=N\NS(=O)(=O)c1ccc([N+](=O)[O-])cc1. The molecule has 19 heavy (non-hydrogen) atoms. The summed E-state index contributed by atoms with van der Waals surface area (Å²) in [6.07, 6.45) is 2.14. The van der Waals surface area contributed by atoms with Crippen molar-refractivity contribution in [3.05, 3.63) is 34.4 Å². The third-order valence-corrected chi connectivity index (χ3v) is 3.44. The fourth-order valence-electron chi connectivity index (χ4n) is 1.17. The van der Waals surface area contributed by atoms with Crippen molar-refractivity contribution in [2.24, 2.45) is 11.0 Å². The first kappa shape index (κ1) is 15.1. The van der Waals surface area contributed by atoms with Gasteiger partial charge in [-0.15, -0.1) is 0 Å². The van der Waals surface area contributed by atoms with E-state index in [0.717, 1.165) is 12.1 Å². The minimum Gasteiger partial charge on any atom is -0.258 e. The summed E-state index contributed by atoms with van der Waals surface area (Å²) in [6, 6.07) is 4.59. The molecule has 0 heterocycles. The lowest BCUT2D eigenvalue weighted by Crippen LogP contribution is -2.18. The number of non-ortho nitro benzene ring substituents is 1. The molecule has 1 aromatic rings. The summed E-state index contributed by atoms with van der Waals surface area (Å²) in [5.41, 5.74) is -0.165. The van der Waals surface area contributed by atoms with Gasteiger partial charge in [0.25, 0.3) is 15.7 Å². The Morgan fingerprint density at radius 1 is 1.37 bits per heavy atom. The van der Waals surface area contributed by atoms with Crippen LogP contribution in [0, 0.1) is 16.0 Å². The highest BCUT2D eigenvalue weighted by atomic mass is 32.2. The third kappa shape index (κ3) is 4.66. The van der Waals surface area contributed by atoms with E-state index in [1.165, 1.54) is 18.3 Å². The number of nitrogens with zero attached hydrogens (tertiary/aromatic N) is 2. The van der Waals surface area contributed by atoms with E-state index in [0.29, 0.717) is 12.3 Å². The number of nitro benzene ring substituents is 1. The second-order valence-corrected chi connectivity index (χ2v) is 5.95. The third-order valence-electron chi connectivity index (χ3n) is 2.20. The monoisotopic (exact) mass is 285 g/mol. The fraction of sp³-hybridized carbons (Fsp3) is 0.364. The topological polar surface area (TPSA) is 102 Å². The Kier molecular flexibility index (Phi) is 4.99. The van der Waals surface area contributed by atoms with Crippen LogP contribution in [0.25, 0.3) is 0 Å². The zero-order valence-corrected chi connectivity index (χ0v) is 11.4. The van der Waals surface area contributed by atoms with Gasteiger partial charge in [-0.1, -0.05) is 13.8 Å².